The zero-order valence-electron chi connectivity index (χ0n) is 19.3. The van der Waals surface area contributed by atoms with Gasteiger partial charge in [-0.1, -0.05) is 18.3 Å². The first kappa shape index (κ1) is 22.4. The zero-order valence-corrected chi connectivity index (χ0v) is 20.1. The lowest BCUT2D eigenvalue weighted by Gasteiger charge is -2.24. The molecule has 34 heavy (non-hydrogen) atoms. The Hall–Kier alpha value is -3.35. The van der Waals surface area contributed by atoms with Crippen LogP contribution in [0, 0.1) is 11.8 Å². The maximum atomic E-state index is 13.1. The van der Waals surface area contributed by atoms with Gasteiger partial charge in [-0.05, 0) is 44.9 Å². The van der Waals surface area contributed by atoms with Crippen LogP contribution in [0.4, 0.5) is 5.69 Å². The number of aliphatic hydroxyl groups is 1. The number of likely N-dealkylation sites (N-methyl/N-ethyl adjacent to an activating group) is 1. The van der Waals surface area contributed by atoms with Gasteiger partial charge in [0.25, 0.3) is 11.8 Å². The lowest BCUT2D eigenvalue weighted by Crippen LogP contribution is -2.49. The van der Waals surface area contributed by atoms with Crippen molar-refractivity contribution in [1.29, 1.82) is 0 Å². The van der Waals surface area contributed by atoms with Crippen LogP contribution < -0.4 is 15.0 Å². The Kier molecular flexibility index (Phi) is 5.58. The lowest BCUT2D eigenvalue weighted by atomic mass is 9.83. The van der Waals surface area contributed by atoms with Crippen molar-refractivity contribution in [2.75, 3.05) is 18.6 Å². The van der Waals surface area contributed by atoms with Crippen LogP contribution in [0.15, 0.2) is 29.8 Å². The first-order chi connectivity index (χ1) is 16.2. The third kappa shape index (κ3) is 4.27. The normalized spacial score (nSPS) is 18.4. The summed E-state index contributed by atoms with van der Waals surface area (Å²) in [6.45, 7) is 3.22. The Labute approximate surface area is 201 Å². The van der Waals surface area contributed by atoms with Crippen LogP contribution in [0.25, 0.3) is 4.96 Å². The molecule has 1 atom stereocenters. The van der Waals surface area contributed by atoms with Crippen LogP contribution >= 0.6 is 11.3 Å². The summed E-state index contributed by atoms with van der Waals surface area (Å²) < 4.78 is 7.85. The van der Waals surface area contributed by atoms with Gasteiger partial charge in [0.2, 0.25) is 0 Å². The van der Waals surface area contributed by atoms with Gasteiger partial charge in [0.15, 0.2) is 4.96 Å². The monoisotopic (exact) mass is 478 g/mol. The molecule has 1 fully saturated rings. The van der Waals surface area contributed by atoms with Crippen LogP contribution in [-0.4, -0.2) is 51.6 Å². The van der Waals surface area contributed by atoms with Crippen LogP contribution in [0.2, 0.25) is 0 Å². The highest BCUT2D eigenvalue weighted by Gasteiger charge is 2.32. The molecule has 1 aliphatic carbocycles. The van der Waals surface area contributed by atoms with E-state index in [0.717, 1.165) is 17.8 Å². The SMILES string of the molecule is CN1C(=O)C(NC(=O)c2cn3c(C4CCC4)csc3n2)COc2ccc(C#CC(C)(C)O)cc21. The van der Waals surface area contributed by atoms with E-state index in [1.165, 1.54) is 28.4 Å². The van der Waals surface area contributed by atoms with Gasteiger partial charge in [0.05, 0.1) is 5.69 Å². The third-order valence-electron chi connectivity index (χ3n) is 6.17. The summed E-state index contributed by atoms with van der Waals surface area (Å²) in [7, 11) is 1.64. The largest absolute Gasteiger partial charge is 0.489 e. The Morgan fingerprint density at radius 3 is 2.85 bits per heavy atom. The van der Waals surface area contributed by atoms with E-state index in [9.17, 15) is 14.7 Å². The molecule has 0 spiro atoms. The van der Waals surface area contributed by atoms with Gasteiger partial charge < -0.3 is 20.1 Å². The number of anilines is 1. The van der Waals surface area contributed by atoms with E-state index < -0.39 is 17.6 Å². The van der Waals surface area contributed by atoms with Gasteiger partial charge in [0.1, 0.15) is 29.7 Å². The lowest BCUT2D eigenvalue weighted by molar-refractivity contribution is -0.120. The minimum Gasteiger partial charge on any atom is -0.489 e. The number of nitrogens with one attached hydrogen (secondary N) is 1. The molecule has 2 N–H and O–H groups in total. The molecule has 1 saturated carbocycles. The Morgan fingerprint density at radius 1 is 1.35 bits per heavy atom. The highest BCUT2D eigenvalue weighted by molar-refractivity contribution is 7.15. The number of fused-ring (bicyclic) bond motifs is 2. The van der Waals surface area contributed by atoms with Gasteiger partial charge in [-0.25, -0.2) is 4.98 Å². The number of hydrogen-bond acceptors (Lipinski definition) is 6. The maximum Gasteiger partial charge on any atom is 0.272 e. The number of benzene rings is 1. The van der Waals surface area contributed by atoms with E-state index in [0.29, 0.717) is 22.9 Å². The predicted molar refractivity (Wildman–Crippen MR) is 129 cm³/mol. The maximum absolute atomic E-state index is 13.1. The summed E-state index contributed by atoms with van der Waals surface area (Å²) in [5.74, 6) is 6.02. The van der Waals surface area contributed by atoms with E-state index in [1.54, 1.807) is 45.3 Å². The van der Waals surface area contributed by atoms with E-state index in [1.807, 2.05) is 4.40 Å². The van der Waals surface area contributed by atoms with Crippen LogP contribution in [0.5, 0.6) is 5.75 Å². The molecule has 3 heterocycles. The minimum absolute atomic E-state index is 0.00610. The van der Waals surface area contributed by atoms with Crippen molar-refractivity contribution in [2.24, 2.45) is 0 Å². The molecule has 3 aromatic rings. The van der Waals surface area contributed by atoms with Crippen molar-refractivity contribution in [3.63, 3.8) is 0 Å². The van der Waals surface area contributed by atoms with E-state index >= 15 is 0 Å². The third-order valence-corrected chi connectivity index (χ3v) is 7.02. The smallest absolute Gasteiger partial charge is 0.272 e. The highest BCUT2D eigenvalue weighted by atomic mass is 32.1. The number of hydrogen-bond donors (Lipinski definition) is 2. The predicted octanol–water partition coefficient (Wildman–Crippen LogP) is 2.94. The molecule has 1 aromatic carbocycles. The summed E-state index contributed by atoms with van der Waals surface area (Å²) in [4.78, 5) is 32.8. The molecule has 8 nitrogen and oxygen atoms in total. The van der Waals surface area contributed by atoms with E-state index in [-0.39, 0.29) is 18.2 Å². The molecule has 0 bridgehead atoms. The fourth-order valence-electron chi connectivity index (χ4n) is 4.04. The highest BCUT2D eigenvalue weighted by Crippen LogP contribution is 2.38. The van der Waals surface area contributed by atoms with Gasteiger partial charge in [-0.15, -0.1) is 11.3 Å². The molecule has 0 radical (unpaired) electrons. The fourth-order valence-corrected chi connectivity index (χ4v) is 5.00. The molecule has 0 saturated heterocycles. The summed E-state index contributed by atoms with van der Waals surface area (Å²) in [6.07, 6.45) is 5.31. The summed E-state index contributed by atoms with van der Waals surface area (Å²) in [6, 6.07) is 4.39. The van der Waals surface area contributed by atoms with Crippen LogP contribution in [-0.2, 0) is 4.79 Å². The van der Waals surface area contributed by atoms with Gasteiger partial charge in [0, 0.05) is 35.8 Å². The average molecular weight is 479 g/mol. The second kappa shape index (κ2) is 8.46. The number of rotatable bonds is 3. The van der Waals surface area contributed by atoms with Crippen molar-refractivity contribution in [3.05, 3.63) is 46.7 Å². The summed E-state index contributed by atoms with van der Waals surface area (Å²) in [5, 5.41) is 14.8. The molecular formula is C25H26N4O4S. The molecule has 2 amide bonds. The average Bonchev–Trinajstić information content (AvgIpc) is 3.32. The minimum atomic E-state index is -1.12. The number of aromatic nitrogens is 2. The topological polar surface area (TPSA) is 96.2 Å². The fraction of sp³-hybridized carbons (Fsp3) is 0.400. The van der Waals surface area contributed by atoms with Crippen molar-refractivity contribution >= 4 is 33.8 Å². The number of ether oxygens (including phenoxy) is 1. The molecular weight excluding hydrogens is 452 g/mol. The van der Waals surface area contributed by atoms with Gasteiger partial charge in [-0.2, -0.15) is 0 Å². The first-order valence-corrected chi connectivity index (χ1v) is 12.1. The number of imidazole rings is 1. The second-order valence-corrected chi connectivity index (χ2v) is 10.1. The Bertz CT molecular complexity index is 1340. The van der Waals surface area contributed by atoms with Crippen molar-refractivity contribution in [1.82, 2.24) is 14.7 Å². The Morgan fingerprint density at radius 2 is 2.15 bits per heavy atom. The molecule has 1 aliphatic heterocycles. The molecule has 176 valence electrons. The van der Waals surface area contributed by atoms with Gasteiger partial charge >= 0.3 is 0 Å². The first-order valence-electron chi connectivity index (χ1n) is 11.3. The number of carbonyl (C=O) groups excluding carboxylic acids is 2. The molecule has 2 aromatic heterocycles. The number of amides is 2. The van der Waals surface area contributed by atoms with Crippen LogP contribution in [0.1, 0.15) is 60.8 Å². The Balaban J connectivity index is 1.33. The number of nitrogens with zero attached hydrogens (tertiary/aromatic N) is 3. The molecule has 9 heteroatoms. The standard InChI is InChI=1S/C25H26N4O4S/c1-25(2,32)10-9-15-7-8-21-19(11-15)28(3)23(31)18(13-33-21)26-22(30)17-12-29-20(16-5-4-6-16)14-34-24(29)27-17/h7-8,11-12,14,16,18,32H,4-6,13H2,1-3H3,(H,26,30). The zero-order chi connectivity index (χ0) is 24.0. The quantitative estimate of drug-likeness (QED) is 0.565. The molecule has 5 rings (SSSR count). The van der Waals surface area contributed by atoms with E-state index in [4.69, 9.17) is 4.74 Å². The van der Waals surface area contributed by atoms with E-state index in [2.05, 4.69) is 27.5 Å². The molecule has 1 unspecified atom stereocenters. The number of carbonyl (C=O) groups is 2. The summed E-state index contributed by atoms with van der Waals surface area (Å²) in [5.41, 5.74) is 1.56. The molecule has 2 aliphatic rings. The number of thiazole rings is 1. The van der Waals surface area contributed by atoms with Crippen molar-refractivity contribution < 1.29 is 19.4 Å². The summed E-state index contributed by atoms with van der Waals surface area (Å²) >= 11 is 1.52. The van der Waals surface area contributed by atoms with Crippen molar-refractivity contribution in [2.45, 2.75) is 50.7 Å². The van der Waals surface area contributed by atoms with Gasteiger partial charge in [-0.3, -0.25) is 14.0 Å². The second-order valence-electron chi connectivity index (χ2n) is 9.29. The van der Waals surface area contributed by atoms with Crippen LogP contribution in [0.3, 0.4) is 0 Å². The van der Waals surface area contributed by atoms with Crippen molar-refractivity contribution in [3.8, 4) is 17.6 Å².